The van der Waals surface area contributed by atoms with Crippen LogP contribution in [0.2, 0.25) is 5.02 Å². The SMILES string of the molecule is Cc1ncsc1CN1CCN(c2cn[nH]c(=O)c2Cl)CC1. The van der Waals surface area contributed by atoms with Gasteiger partial charge >= 0.3 is 0 Å². The van der Waals surface area contributed by atoms with Gasteiger partial charge in [0.25, 0.3) is 5.56 Å². The van der Waals surface area contributed by atoms with Crippen LogP contribution in [-0.2, 0) is 6.54 Å². The number of thiazole rings is 1. The topological polar surface area (TPSA) is 65.1 Å². The van der Waals surface area contributed by atoms with Gasteiger partial charge in [-0.2, -0.15) is 5.10 Å². The van der Waals surface area contributed by atoms with E-state index in [1.54, 1.807) is 17.5 Å². The minimum atomic E-state index is -0.336. The van der Waals surface area contributed by atoms with Crippen molar-refractivity contribution >= 4 is 28.6 Å². The summed E-state index contributed by atoms with van der Waals surface area (Å²) in [5, 5.41) is 6.39. The highest BCUT2D eigenvalue weighted by Gasteiger charge is 2.21. The Balaban J connectivity index is 1.64. The van der Waals surface area contributed by atoms with E-state index in [0.29, 0.717) is 5.69 Å². The molecule has 21 heavy (non-hydrogen) atoms. The number of piperazine rings is 1. The molecule has 1 saturated heterocycles. The Morgan fingerprint density at radius 3 is 2.81 bits per heavy atom. The van der Waals surface area contributed by atoms with Gasteiger partial charge in [0, 0.05) is 37.6 Å². The molecule has 0 amide bonds. The van der Waals surface area contributed by atoms with Crippen molar-refractivity contribution in [2.24, 2.45) is 0 Å². The molecule has 6 nitrogen and oxygen atoms in total. The van der Waals surface area contributed by atoms with E-state index in [-0.39, 0.29) is 10.6 Å². The third-order valence-corrected chi connectivity index (χ3v) is 4.99. The lowest BCUT2D eigenvalue weighted by Gasteiger charge is -2.35. The van der Waals surface area contributed by atoms with Crippen molar-refractivity contribution in [1.29, 1.82) is 0 Å². The molecule has 112 valence electrons. The van der Waals surface area contributed by atoms with Crippen molar-refractivity contribution < 1.29 is 0 Å². The lowest BCUT2D eigenvalue weighted by atomic mass is 10.2. The average Bonchev–Trinajstić information content (AvgIpc) is 2.88. The quantitative estimate of drug-likeness (QED) is 0.926. The van der Waals surface area contributed by atoms with Gasteiger partial charge in [0.2, 0.25) is 0 Å². The average molecular weight is 326 g/mol. The summed E-state index contributed by atoms with van der Waals surface area (Å²) in [7, 11) is 0. The van der Waals surface area contributed by atoms with Crippen LogP contribution in [0.15, 0.2) is 16.5 Å². The molecule has 0 bridgehead atoms. The lowest BCUT2D eigenvalue weighted by molar-refractivity contribution is 0.251. The number of aromatic nitrogens is 3. The summed E-state index contributed by atoms with van der Waals surface area (Å²) in [6, 6.07) is 0. The van der Waals surface area contributed by atoms with E-state index < -0.39 is 0 Å². The molecule has 1 aliphatic rings. The third kappa shape index (κ3) is 3.09. The number of nitrogens with zero attached hydrogens (tertiary/aromatic N) is 4. The number of aryl methyl sites for hydroxylation is 1. The number of aromatic amines is 1. The van der Waals surface area contributed by atoms with E-state index in [1.165, 1.54) is 4.88 Å². The third-order valence-electron chi connectivity index (χ3n) is 3.70. The molecule has 0 aliphatic carbocycles. The Kier molecular flexibility index (Phi) is 4.23. The second-order valence-corrected chi connectivity index (χ2v) is 6.34. The summed E-state index contributed by atoms with van der Waals surface area (Å²) in [6.45, 7) is 6.52. The summed E-state index contributed by atoms with van der Waals surface area (Å²) >= 11 is 7.76. The first-order valence-electron chi connectivity index (χ1n) is 6.74. The standard InChI is InChI=1S/C13H16ClN5OS/c1-9-11(21-8-15-9)7-18-2-4-19(5-3-18)10-6-16-17-13(20)12(10)14/h6,8H,2-5,7H2,1H3,(H,17,20). The summed E-state index contributed by atoms with van der Waals surface area (Å²) in [5.41, 5.74) is 3.39. The van der Waals surface area contributed by atoms with Crippen LogP contribution in [0, 0.1) is 6.92 Å². The Bertz CT molecular complexity index is 677. The Morgan fingerprint density at radius 1 is 1.38 bits per heavy atom. The zero-order chi connectivity index (χ0) is 14.8. The largest absolute Gasteiger partial charge is 0.366 e. The van der Waals surface area contributed by atoms with Gasteiger partial charge in [0.1, 0.15) is 5.02 Å². The van der Waals surface area contributed by atoms with E-state index in [9.17, 15) is 4.79 Å². The molecular weight excluding hydrogens is 310 g/mol. The van der Waals surface area contributed by atoms with E-state index >= 15 is 0 Å². The first kappa shape index (κ1) is 14.5. The molecule has 2 aromatic heterocycles. The molecule has 8 heteroatoms. The number of hydrogen-bond donors (Lipinski definition) is 1. The fourth-order valence-electron chi connectivity index (χ4n) is 2.42. The molecule has 1 N–H and O–H groups in total. The highest BCUT2D eigenvalue weighted by Crippen LogP contribution is 2.23. The van der Waals surface area contributed by atoms with Gasteiger partial charge in [-0.1, -0.05) is 11.6 Å². The normalized spacial score (nSPS) is 16.4. The smallest absolute Gasteiger partial charge is 0.285 e. The van der Waals surface area contributed by atoms with E-state index in [0.717, 1.165) is 38.4 Å². The van der Waals surface area contributed by atoms with Crippen molar-refractivity contribution in [3.8, 4) is 0 Å². The Hall–Kier alpha value is -1.44. The van der Waals surface area contributed by atoms with Crippen molar-refractivity contribution in [2.45, 2.75) is 13.5 Å². The van der Waals surface area contributed by atoms with Crippen LogP contribution in [0.1, 0.15) is 10.6 Å². The molecule has 0 unspecified atom stereocenters. The first-order chi connectivity index (χ1) is 10.1. The Morgan fingerprint density at radius 2 is 2.14 bits per heavy atom. The molecule has 0 spiro atoms. The summed E-state index contributed by atoms with van der Waals surface area (Å²) in [6.07, 6.45) is 1.62. The summed E-state index contributed by atoms with van der Waals surface area (Å²) in [4.78, 5) is 21.6. The van der Waals surface area contributed by atoms with E-state index in [2.05, 4.69) is 25.0 Å². The van der Waals surface area contributed by atoms with Gasteiger partial charge in [-0.05, 0) is 6.92 Å². The highest BCUT2D eigenvalue weighted by atomic mass is 35.5. The maximum Gasteiger partial charge on any atom is 0.285 e. The number of nitrogens with one attached hydrogen (secondary N) is 1. The Labute approximate surface area is 131 Å². The van der Waals surface area contributed by atoms with E-state index in [4.69, 9.17) is 11.6 Å². The van der Waals surface area contributed by atoms with Crippen LogP contribution in [-0.4, -0.2) is 46.3 Å². The molecule has 3 rings (SSSR count). The molecule has 0 radical (unpaired) electrons. The zero-order valence-corrected chi connectivity index (χ0v) is 13.2. The predicted molar refractivity (Wildman–Crippen MR) is 84.2 cm³/mol. The van der Waals surface area contributed by atoms with Crippen LogP contribution in [0.3, 0.4) is 0 Å². The van der Waals surface area contributed by atoms with Crippen LogP contribution in [0.25, 0.3) is 0 Å². The van der Waals surface area contributed by atoms with Crippen LogP contribution >= 0.6 is 22.9 Å². The fraction of sp³-hybridized carbons (Fsp3) is 0.462. The molecule has 0 saturated carbocycles. The van der Waals surface area contributed by atoms with Gasteiger partial charge in [-0.3, -0.25) is 9.69 Å². The van der Waals surface area contributed by atoms with Gasteiger partial charge in [0.15, 0.2) is 0 Å². The number of H-pyrrole nitrogens is 1. The minimum Gasteiger partial charge on any atom is -0.366 e. The van der Waals surface area contributed by atoms with Crippen molar-refractivity contribution in [3.63, 3.8) is 0 Å². The summed E-state index contributed by atoms with van der Waals surface area (Å²) in [5.74, 6) is 0. The molecule has 2 aromatic rings. The number of anilines is 1. The number of rotatable bonds is 3. The lowest BCUT2D eigenvalue weighted by Crippen LogP contribution is -2.46. The van der Waals surface area contributed by atoms with Gasteiger partial charge in [-0.25, -0.2) is 10.1 Å². The second kappa shape index (κ2) is 6.13. The molecule has 0 aromatic carbocycles. The molecule has 0 atom stereocenters. The molecule has 3 heterocycles. The molecule has 1 fully saturated rings. The second-order valence-electron chi connectivity index (χ2n) is 5.02. The van der Waals surface area contributed by atoms with Crippen LogP contribution in [0.4, 0.5) is 5.69 Å². The number of hydrogen-bond acceptors (Lipinski definition) is 6. The maximum atomic E-state index is 11.5. The molecular formula is C13H16ClN5OS. The first-order valence-corrected chi connectivity index (χ1v) is 8.00. The highest BCUT2D eigenvalue weighted by molar-refractivity contribution is 7.09. The monoisotopic (exact) mass is 325 g/mol. The van der Waals surface area contributed by atoms with Crippen molar-refractivity contribution in [1.82, 2.24) is 20.1 Å². The minimum absolute atomic E-state index is 0.219. The molecule has 1 aliphatic heterocycles. The summed E-state index contributed by atoms with van der Waals surface area (Å²) < 4.78 is 0. The van der Waals surface area contributed by atoms with Gasteiger partial charge < -0.3 is 4.90 Å². The van der Waals surface area contributed by atoms with Crippen molar-refractivity contribution in [3.05, 3.63) is 37.7 Å². The van der Waals surface area contributed by atoms with Crippen molar-refractivity contribution in [2.75, 3.05) is 31.1 Å². The maximum absolute atomic E-state index is 11.5. The number of halogens is 1. The van der Waals surface area contributed by atoms with Crippen LogP contribution in [0.5, 0.6) is 0 Å². The fourth-order valence-corrected chi connectivity index (χ4v) is 3.45. The van der Waals surface area contributed by atoms with E-state index in [1.807, 2.05) is 12.4 Å². The predicted octanol–water partition coefficient (Wildman–Crippen LogP) is 1.51. The van der Waals surface area contributed by atoms with Gasteiger partial charge in [0.05, 0.1) is 23.1 Å². The van der Waals surface area contributed by atoms with Gasteiger partial charge in [-0.15, -0.1) is 11.3 Å². The van der Waals surface area contributed by atoms with Crippen LogP contribution < -0.4 is 10.5 Å². The zero-order valence-electron chi connectivity index (χ0n) is 11.7.